The van der Waals surface area contributed by atoms with Crippen LogP contribution >= 0.6 is 15.9 Å². The number of aliphatic hydroxyl groups is 1. The van der Waals surface area contributed by atoms with Gasteiger partial charge in [-0.15, -0.1) is 0 Å². The molecule has 2 aromatic rings. The SMILES string of the molecule is OC(Cc1cc(F)ccc1Br)c1ncccn1. The van der Waals surface area contributed by atoms with Gasteiger partial charge in [0, 0.05) is 23.3 Å². The topological polar surface area (TPSA) is 46.0 Å². The third-order valence-corrected chi connectivity index (χ3v) is 3.08. The number of nitrogens with zero attached hydrogens (tertiary/aromatic N) is 2. The Bertz CT molecular complexity index is 507. The standard InChI is InChI=1S/C12H10BrFN2O/c13-10-3-2-9(14)6-8(10)7-11(17)12-15-4-1-5-16-12/h1-6,11,17H,7H2. The molecule has 1 heterocycles. The Morgan fingerprint density at radius 1 is 1.29 bits per heavy atom. The number of hydrogen-bond acceptors (Lipinski definition) is 3. The van der Waals surface area contributed by atoms with E-state index in [9.17, 15) is 9.50 Å². The Labute approximate surface area is 106 Å². The summed E-state index contributed by atoms with van der Waals surface area (Å²) < 4.78 is 13.8. The molecule has 0 amide bonds. The van der Waals surface area contributed by atoms with Gasteiger partial charge in [-0.2, -0.15) is 0 Å². The van der Waals surface area contributed by atoms with Crippen LogP contribution in [0.5, 0.6) is 0 Å². The molecule has 1 atom stereocenters. The molecule has 0 radical (unpaired) electrons. The van der Waals surface area contributed by atoms with Gasteiger partial charge in [-0.1, -0.05) is 15.9 Å². The molecule has 1 aromatic heterocycles. The smallest absolute Gasteiger partial charge is 0.157 e. The molecule has 0 spiro atoms. The molecule has 0 saturated carbocycles. The van der Waals surface area contributed by atoms with Crippen LogP contribution in [0.2, 0.25) is 0 Å². The molecule has 0 aliphatic rings. The lowest BCUT2D eigenvalue weighted by atomic mass is 10.1. The number of hydrogen-bond donors (Lipinski definition) is 1. The molecule has 0 aliphatic carbocycles. The quantitative estimate of drug-likeness (QED) is 0.947. The molecule has 3 nitrogen and oxygen atoms in total. The largest absolute Gasteiger partial charge is 0.385 e. The van der Waals surface area contributed by atoms with Crippen molar-refractivity contribution in [3.8, 4) is 0 Å². The Hall–Kier alpha value is -1.33. The zero-order valence-electron chi connectivity index (χ0n) is 8.85. The molecule has 0 aliphatic heterocycles. The van der Waals surface area contributed by atoms with Gasteiger partial charge in [0.15, 0.2) is 5.82 Å². The van der Waals surface area contributed by atoms with E-state index in [2.05, 4.69) is 25.9 Å². The monoisotopic (exact) mass is 296 g/mol. The average molecular weight is 297 g/mol. The fourth-order valence-corrected chi connectivity index (χ4v) is 1.89. The fourth-order valence-electron chi connectivity index (χ4n) is 1.48. The van der Waals surface area contributed by atoms with Crippen LogP contribution in [0.4, 0.5) is 4.39 Å². The van der Waals surface area contributed by atoms with Crippen molar-refractivity contribution in [3.63, 3.8) is 0 Å². The summed E-state index contributed by atoms with van der Waals surface area (Å²) in [5.74, 6) is 0.00745. The van der Waals surface area contributed by atoms with Crippen molar-refractivity contribution in [2.45, 2.75) is 12.5 Å². The van der Waals surface area contributed by atoms with Gasteiger partial charge in [0.25, 0.3) is 0 Å². The molecule has 0 saturated heterocycles. The van der Waals surface area contributed by atoms with Gasteiger partial charge in [0.1, 0.15) is 11.9 Å². The molecule has 2 rings (SSSR count). The van der Waals surface area contributed by atoms with Crippen LogP contribution in [0.1, 0.15) is 17.5 Å². The molecular weight excluding hydrogens is 287 g/mol. The second-order valence-electron chi connectivity index (χ2n) is 3.56. The predicted molar refractivity (Wildman–Crippen MR) is 64.8 cm³/mol. The van der Waals surface area contributed by atoms with Crippen LogP contribution in [-0.2, 0) is 6.42 Å². The van der Waals surface area contributed by atoms with Crippen molar-refractivity contribution in [1.82, 2.24) is 9.97 Å². The lowest BCUT2D eigenvalue weighted by Gasteiger charge is -2.10. The maximum atomic E-state index is 13.1. The minimum atomic E-state index is -0.839. The Morgan fingerprint density at radius 2 is 2.00 bits per heavy atom. The van der Waals surface area contributed by atoms with Gasteiger partial charge in [-0.05, 0) is 29.8 Å². The first-order chi connectivity index (χ1) is 8.16. The Morgan fingerprint density at radius 3 is 2.71 bits per heavy atom. The first-order valence-corrected chi connectivity index (χ1v) is 5.85. The summed E-state index contributed by atoms with van der Waals surface area (Å²) in [6, 6.07) is 6.03. The van der Waals surface area contributed by atoms with Gasteiger partial charge in [-0.3, -0.25) is 0 Å². The lowest BCUT2D eigenvalue weighted by Crippen LogP contribution is -2.06. The van der Waals surface area contributed by atoms with Crippen LogP contribution < -0.4 is 0 Å². The van der Waals surface area contributed by atoms with Crippen LogP contribution in [0.25, 0.3) is 0 Å². The lowest BCUT2D eigenvalue weighted by molar-refractivity contribution is 0.168. The van der Waals surface area contributed by atoms with Crippen molar-refractivity contribution in [3.05, 3.63) is 58.3 Å². The van der Waals surface area contributed by atoms with Crippen LogP contribution in [0.3, 0.4) is 0 Å². The number of halogens is 2. The summed E-state index contributed by atoms with van der Waals surface area (Å²) in [4.78, 5) is 7.91. The fraction of sp³-hybridized carbons (Fsp3) is 0.167. The van der Waals surface area contributed by atoms with Crippen molar-refractivity contribution >= 4 is 15.9 Å². The highest BCUT2D eigenvalue weighted by Gasteiger charge is 2.13. The average Bonchev–Trinajstić information content (AvgIpc) is 2.35. The van der Waals surface area contributed by atoms with Crippen molar-refractivity contribution in [1.29, 1.82) is 0 Å². The van der Waals surface area contributed by atoms with E-state index in [0.29, 0.717) is 11.4 Å². The highest BCUT2D eigenvalue weighted by molar-refractivity contribution is 9.10. The van der Waals surface area contributed by atoms with Gasteiger partial charge in [0.05, 0.1) is 0 Å². The maximum Gasteiger partial charge on any atom is 0.157 e. The molecule has 1 N–H and O–H groups in total. The first-order valence-electron chi connectivity index (χ1n) is 5.05. The second kappa shape index (κ2) is 5.33. The summed E-state index contributed by atoms with van der Waals surface area (Å²) in [5, 5.41) is 9.92. The normalized spacial score (nSPS) is 12.4. The number of aliphatic hydroxyl groups excluding tert-OH is 1. The Balaban J connectivity index is 2.18. The molecular formula is C12H10BrFN2O. The summed E-state index contributed by atoms with van der Waals surface area (Å²) >= 11 is 3.31. The molecule has 88 valence electrons. The minimum absolute atomic E-state index is 0.266. The minimum Gasteiger partial charge on any atom is -0.385 e. The van der Waals surface area contributed by atoms with E-state index in [0.717, 1.165) is 4.47 Å². The molecule has 17 heavy (non-hydrogen) atoms. The van der Waals surface area contributed by atoms with Crippen LogP contribution in [0, 0.1) is 5.82 Å². The van der Waals surface area contributed by atoms with E-state index in [1.54, 1.807) is 24.5 Å². The van der Waals surface area contributed by atoms with E-state index in [1.165, 1.54) is 12.1 Å². The third-order valence-electron chi connectivity index (χ3n) is 2.30. The van der Waals surface area contributed by atoms with Gasteiger partial charge in [-0.25, -0.2) is 14.4 Å². The summed E-state index contributed by atoms with van der Waals surface area (Å²) in [5.41, 5.74) is 0.685. The highest BCUT2D eigenvalue weighted by Crippen LogP contribution is 2.23. The second-order valence-corrected chi connectivity index (χ2v) is 4.42. The van der Waals surface area contributed by atoms with Gasteiger partial charge in [0.2, 0.25) is 0 Å². The van der Waals surface area contributed by atoms with Crippen molar-refractivity contribution < 1.29 is 9.50 Å². The number of rotatable bonds is 3. The molecule has 0 bridgehead atoms. The Kier molecular flexibility index (Phi) is 3.81. The van der Waals surface area contributed by atoms with Crippen LogP contribution in [-0.4, -0.2) is 15.1 Å². The predicted octanol–water partition coefficient (Wildman–Crippen LogP) is 2.65. The number of aromatic nitrogens is 2. The molecule has 5 heteroatoms. The summed E-state index contributed by atoms with van der Waals surface area (Å²) in [6.07, 6.45) is 2.55. The van der Waals surface area contributed by atoms with E-state index < -0.39 is 6.10 Å². The maximum absolute atomic E-state index is 13.1. The van der Waals surface area contributed by atoms with Crippen molar-refractivity contribution in [2.75, 3.05) is 0 Å². The molecule has 0 fully saturated rings. The number of benzene rings is 1. The van der Waals surface area contributed by atoms with E-state index >= 15 is 0 Å². The summed E-state index contributed by atoms with van der Waals surface area (Å²) in [7, 11) is 0. The van der Waals surface area contributed by atoms with Crippen molar-refractivity contribution in [2.24, 2.45) is 0 Å². The molecule has 1 unspecified atom stereocenters. The first kappa shape index (κ1) is 12.1. The van der Waals surface area contributed by atoms with Gasteiger partial charge >= 0.3 is 0 Å². The van der Waals surface area contributed by atoms with E-state index in [-0.39, 0.29) is 12.2 Å². The van der Waals surface area contributed by atoms with Crippen LogP contribution in [0.15, 0.2) is 41.1 Å². The molecule has 1 aromatic carbocycles. The van der Waals surface area contributed by atoms with Gasteiger partial charge < -0.3 is 5.11 Å². The van der Waals surface area contributed by atoms with E-state index in [1.807, 2.05) is 0 Å². The summed E-state index contributed by atoms with van der Waals surface area (Å²) in [6.45, 7) is 0. The highest BCUT2D eigenvalue weighted by atomic mass is 79.9. The van der Waals surface area contributed by atoms with E-state index in [4.69, 9.17) is 0 Å². The zero-order valence-corrected chi connectivity index (χ0v) is 10.4. The zero-order chi connectivity index (χ0) is 12.3. The third kappa shape index (κ3) is 3.08.